The van der Waals surface area contributed by atoms with Gasteiger partial charge >= 0.3 is 0 Å². The van der Waals surface area contributed by atoms with E-state index < -0.39 is 0 Å². The highest BCUT2D eigenvalue weighted by Gasteiger charge is 2.17. The molecule has 0 saturated carbocycles. The molecule has 0 aliphatic heterocycles. The molecule has 0 aliphatic rings. The molecule has 1 heterocycles. The summed E-state index contributed by atoms with van der Waals surface area (Å²) >= 11 is 1.21. The van der Waals surface area contributed by atoms with Crippen molar-refractivity contribution < 1.29 is 18.7 Å². The lowest BCUT2D eigenvalue weighted by molar-refractivity contribution is 0.102. The zero-order chi connectivity index (χ0) is 19.4. The Morgan fingerprint density at radius 2 is 1.85 bits per heavy atom. The molecule has 0 unspecified atom stereocenters. The molecule has 140 valence electrons. The summed E-state index contributed by atoms with van der Waals surface area (Å²) in [6.45, 7) is 1.75. The fourth-order valence-electron chi connectivity index (χ4n) is 2.41. The molecule has 3 rings (SSSR count). The van der Waals surface area contributed by atoms with Gasteiger partial charge in [0.1, 0.15) is 22.2 Å². The van der Waals surface area contributed by atoms with E-state index >= 15 is 0 Å². The number of ether oxygens (including phenoxy) is 2. The zero-order valence-electron chi connectivity index (χ0n) is 15.0. The normalized spacial score (nSPS) is 10.4. The minimum absolute atomic E-state index is 0.302. The minimum atomic E-state index is -0.317. The van der Waals surface area contributed by atoms with Crippen LogP contribution in [0.3, 0.4) is 0 Å². The number of amides is 1. The second-order valence-corrected chi connectivity index (χ2v) is 6.58. The fourth-order valence-corrected chi connectivity index (χ4v) is 3.29. The van der Waals surface area contributed by atoms with Gasteiger partial charge in [0.25, 0.3) is 5.91 Å². The third-order valence-electron chi connectivity index (χ3n) is 3.75. The van der Waals surface area contributed by atoms with Gasteiger partial charge in [0.2, 0.25) is 0 Å². The van der Waals surface area contributed by atoms with Crippen molar-refractivity contribution in [2.24, 2.45) is 0 Å². The first-order chi connectivity index (χ1) is 13.0. The van der Waals surface area contributed by atoms with Crippen molar-refractivity contribution >= 4 is 33.8 Å². The molecule has 0 aliphatic carbocycles. The van der Waals surface area contributed by atoms with Gasteiger partial charge in [-0.2, -0.15) is 0 Å². The van der Waals surface area contributed by atoms with E-state index in [0.717, 1.165) is 0 Å². The number of aryl methyl sites for hydroxylation is 1. The number of halogens is 1. The summed E-state index contributed by atoms with van der Waals surface area (Å²) in [7, 11) is 3.08. The highest BCUT2D eigenvalue weighted by Crippen LogP contribution is 2.31. The Morgan fingerprint density at radius 1 is 1.11 bits per heavy atom. The summed E-state index contributed by atoms with van der Waals surface area (Å²) in [5.41, 5.74) is 1.78. The van der Waals surface area contributed by atoms with E-state index in [2.05, 4.69) is 15.6 Å². The van der Waals surface area contributed by atoms with Crippen LogP contribution >= 0.6 is 11.3 Å². The Hall–Kier alpha value is -3.13. The van der Waals surface area contributed by atoms with Crippen LogP contribution in [0.15, 0.2) is 42.5 Å². The van der Waals surface area contributed by atoms with E-state index in [9.17, 15) is 9.18 Å². The summed E-state index contributed by atoms with van der Waals surface area (Å²) in [5, 5.41) is 6.44. The third kappa shape index (κ3) is 4.35. The van der Waals surface area contributed by atoms with Crippen LogP contribution in [0.1, 0.15) is 15.4 Å². The first-order valence-electron chi connectivity index (χ1n) is 8.03. The largest absolute Gasteiger partial charge is 0.497 e. The number of methoxy groups -OCH3 is 2. The molecule has 2 N–H and O–H groups in total. The number of hydrogen-bond acceptors (Lipinski definition) is 6. The van der Waals surface area contributed by atoms with Crippen LogP contribution in [0.2, 0.25) is 0 Å². The Balaban J connectivity index is 1.79. The van der Waals surface area contributed by atoms with Crippen molar-refractivity contribution in [2.75, 3.05) is 24.9 Å². The smallest absolute Gasteiger partial charge is 0.267 e. The van der Waals surface area contributed by atoms with Crippen molar-refractivity contribution in [1.82, 2.24) is 4.98 Å². The number of thiazole rings is 1. The second kappa shape index (κ2) is 8.05. The molecule has 8 heteroatoms. The summed E-state index contributed by atoms with van der Waals surface area (Å²) < 4.78 is 23.5. The number of aromatic nitrogens is 1. The van der Waals surface area contributed by atoms with E-state index in [0.29, 0.717) is 38.6 Å². The molecule has 3 aromatic rings. The Morgan fingerprint density at radius 3 is 2.52 bits per heavy atom. The second-order valence-electron chi connectivity index (χ2n) is 5.59. The molecule has 0 spiro atoms. The number of nitrogens with one attached hydrogen (secondary N) is 2. The van der Waals surface area contributed by atoms with Crippen LogP contribution in [0.4, 0.5) is 20.9 Å². The van der Waals surface area contributed by atoms with Gasteiger partial charge in [-0.3, -0.25) is 4.79 Å². The van der Waals surface area contributed by atoms with Crippen molar-refractivity contribution in [2.45, 2.75) is 6.92 Å². The molecule has 0 fully saturated rings. The summed E-state index contributed by atoms with van der Waals surface area (Å²) in [6, 6.07) is 11.1. The van der Waals surface area contributed by atoms with Crippen LogP contribution < -0.4 is 20.1 Å². The van der Waals surface area contributed by atoms with Gasteiger partial charge in [0.05, 0.1) is 25.6 Å². The topological polar surface area (TPSA) is 72.5 Å². The maximum atomic E-state index is 13.0. The van der Waals surface area contributed by atoms with Crippen LogP contribution in [0.25, 0.3) is 0 Å². The number of nitrogens with zero attached hydrogens (tertiary/aromatic N) is 1. The standard InChI is InChI=1S/C19H18FN3O3S/c1-11-17(27-19(21-11)22-13-6-4-12(20)5-7-13)18(24)23-15-10-14(25-2)8-9-16(15)26-3/h4-10H,1-3H3,(H,21,22)(H,23,24). The maximum Gasteiger partial charge on any atom is 0.267 e. The number of hydrogen-bond donors (Lipinski definition) is 2. The van der Waals surface area contributed by atoms with Crippen molar-refractivity contribution in [3.63, 3.8) is 0 Å². The monoisotopic (exact) mass is 387 g/mol. The van der Waals surface area contributed by atoms with Crippen molar-refractivity contribution in [3.8, 4) is 11.5 Å². The molecule has 1 aromatic heterocycles. The maximum absolute atomic E-state index is 13.0. The lowest BCUT2D eigenvalue weighted by Gasteiger charge is -2.11. The minimum Gasteiger partial charge on any atom is -0.497 e. The first kappa shape index (κ1) is 18.7. The van der Waals surface area contributed by atoms with Crippen LogP contribution in [-0.2, 0) is 0 Å². The number of anilines is 3. The predicted molar refractivity (Wildman–Crippen MR) is 104 cm³/mol. The Bertz CT molecular complexity index is 957. The third-order valence-corrected chi connectivity index (χ3v) is 4.82. The highest BCUT2D eigenvalue weighted by atomic mass is 32.1. The number of carbonyl (C=O) groups excluding carboxylic acids is 1. The fraction of sp³-hybridized carbons (Fsp3) is 0.158. The van der Waals surface area contributed by atoms with Gasteiger partial charge in [-0.05, 0) is 43.3 Å². The van der Waals surface area contributed by atoms with E-state index in [4.69, 9.17) is 9.47 Å². The van der Waals surface area contributed by atoms with Crippen LogP contribution in [0, 0.1) is 12.7 Å². The molecule has 6 nitrogen and oxygen atoms in total. The number of carbonyl (C=O) groups is 1. The average Bonchev–Trinajstić information content (AvgIpc) is 3.03. The van der Waals surface area contributed by atoms with Gasteiger partial charge in [-0.1, -0.05) is 11.3 Å². The summed E-state index contributed by atoms with van der Waals surface area (Å²) in [5.74, 6) is 0.508. The van der Waals surface area contributed by atoms with E-state index in [-0.39, 0.29) is 11.7 Å². The van der Waals surface area contributed by atoms with Crippen LogP contribution in [0.5, 0.6) is 11.5 Å². The van der Waals surface area contributed by atoms with Crippen LogP contribution in [-0.4, -0.2) is 25.1 Å². The van der Waals surface area contributed by atoms with Crippen molar-refractivity contribution in [3.05, 3.63) is 58.9 Å². The lowest BCUT2D eigenvalue weighted by Crippen LogP contribution is -2.12. The van der Waals surface area contributed by atoms with Gasteiger partial charge in [0, 0.05) is 11.8 Å². The molecule has 27 heavy (non-hydrogen) atoms. The van der Waals surface area contributed by atoms with E-state index in [1.807, 2.05) is 0 Å². The van der Waals surface area contributed by atoms with Gasteiger partial charge in [-0.25, -0.2) is 9.37 Å². The molecule has 0 atom stereocenters. The van der Waals surface area contributed by atoms with Gasteiger partial charge in [-0.15, -0.1) is 0 Å². The zero-order valence-corrected chi connectivity index (χ0v) is 15.8. The molecule has 1 amide bonds. The first-order valence-corrected chi connectivity index (χ1v) is 8.85. The molecule has 2 aromatic carbocycles. The lowest BCUT2D eigenvalue weighted by atomic mass is 10.2. The van der Waals surface area contributed by atoms with Crippen molar-refractivity contribution in [1.29, 1.82) is 0 Å². The molecular formula is C19H18FN3O3S. The quantitative estimate of drug-likeness (QED) is 0.647. The average molecular weight is 387 g/mol. The van der Waals surface area contributed by atoms with Gasteiger partial charge < -0.3 is 20.1 Å². The van der Waals surface area contributed by atoms with E-state index in [1.54, 1.807) is 44.4 Å². The summed E-state index contributed by atoms with van der Waals surface area (Å²) in [4.78, 5) is 17.5. The predicted octanol–water partition coefficient (Wildman–Crippen LogP) is 4.60. The molecule has 0 bridgehead atoms. The van der Waals surface area contributed by atoms with Gasteiger partial charge in [0.15, 0.2) is 5.13 Å². The Kier molecular flexibility index (Phi) is 5.56. The Labute approximate surface area is 160 Å². The molecular weight excluding hydrogens is 369 g/mol. The number of benzene rings is 2. The molecule has 0 radical (unpaired) electrons. The SMILES string of the molecule is COc1ccc(OC)c(NC(=O)c2sc(Nc3ccc(F)cc3)nc2C)c1. The number of rotatable bonds is 6. The van der Waals surface area contributed by atoms with E-state index in [1.165, 1.54) is 30.6 Å². The molecule has 0 saturated heterocycles. The summed E-state index contributed by atoms with van der Waals surface area (Å²) in [6.07, 6.45) is 0. The highest BCUT2D eigenvalue weighted by molar-refractivity contribution is 7.17.